The van der Waals surface area contributed by atoms with Gasteiger partial charge in [0, 0.05) is 29.9 Å². The van der Waals surface area contributed by atoms with Crippen LogP contribution in [0.2, 0.25) is 0 Å². The second kappa shape index (κ2) is 6.51. The molecule has 0 aromatic carbocycles. The molecule has 0 atom stereocenters. The smallest absolute Gasteiger partial charge is 0.149 e. The van der Waals surface area contributed by atoms with Crippen molar-refractivity contribution >= 4 is 23.1 Å². The van der Waals surface area contributed by atoms with Gasteiger partial charge in [0.15, 0.2) is 0 Å². The molecule has 0 spiro atoms. The predicted molar refractivity (Wildman–Crippen MR) is 67.7 cm³/mol. The lowest BCUT2D eigenvalue weighted by Gasteiger charge is -2.22. The van der Waals surface area contributed by atoms with Crippen LogP contribution < -0.4 is 5.32 Å². The van der Waals surface area contributed by atoms with Gasteiger partial charge in [-0.05, 0) is 12.8 Å². The Morgan fingerprint density at radius 3 is 3.00 bits per heavy atom. The van der Waals surface area contributed by atoms with E-state index in [9.17, 15) is 0 Å². The monoisotopic (exact) mass is 242 g/mol. The first-order valence-electron chi connectivity index (χ1n) is 5.71. The van der Waals surface area contributed by atoms with Crippen LogP contribution >= 0.6 is 23.1 Å². The summed E-state index contributed by atoms with van der Waals surface area (Å²) in [7, 11) is 0. The number of hydrogen-bond acceptors (Lipinski definition) is 4. The van der Waals surface area contributed by atoms with Gasteiger partial charge in [0.1, 0.15) is 4.34 Å². The molecular weight excluding hydrogens is 224 g/mol. The van der Waals surface area contributed by atoms with E-state index in [0.717, 1.165) is 18.3 Å². The van der Waals surface area contributed by atoms with Gasteiger partial charge in [0.05, 0.1) is 0 Å². The molecule has 1 N–H and O–H groups in total. The normalized spacial score (nSPS) is 18.1. The summed E-state index contributed by atoms with van der Waals surface area (Å²) in [6, 6.07) is 0.788. The van der Waals surface area contributed by atoms with Crippen LogP contribution in [-0.2, 0) is 0 Å². The van der Waals surface area contributed by atoms with Gasteiger partial charge in [-0.15, -0.1) is 11.3 Å². The van der Waals surface area contributed by atoms with Gasteiger partial charge in [-0.3, -0.25) is 0 Å². The highest BCUT2D eigenvalue weighted by atomic mass is 32.2. The van der Waals surface area contributed by atoms with Crippen molar-refractivity contribution in [1.82, 2.24) is 10.3 Å². The summed E-state index contributed by atoms with van der Waals surface area (Å²) in [5, 5.41) is 5.68. The topological polar surface area (TPSA) is 24.9 Å². The van der Waals surface area contributed by atoms with Gasteiger partial charge in [-0.1, -0.05) is 31.0 Å². The molecule has 1 fully saturated rings. The Morgan fingerprint density at radius 1 is 1.40 bits per heavy atom. The zero-order chi connectivity index (χ0) is 10.3. The van der Waals surface area contributed by atoms with E-state index < -0.39 is 0 Å². The Hall–Kier alpha value is -0.0600. The van der Waals surface area contributed by atoms with Crippen LogP contribution in [-0.4, -0.2) is 23.3 Å². The molecule has 4 heteroatoms. The second-order valence-corrected chi connectivity index (χ2v) is 6.17. The van der Waals surface area contributed by atoms with Gasteiger partial charge in [-0.2, -0.15) is 0 Å². The molecule has 2 nitrogen and oxygen atoms in total. The number of thiazole rings is 1. The van der Waals surface area contributed by atoms with E-state index in [-0.39, 0.29) is 0 Å². The zero-order valence-corrected chi connectivity index (χ0v) is 10.6. The zero-order valence-electron chi connectivity index (χ0n) is 8.95. The lowest BCUT2D eigenvalue weighted by molar-refractivity contribution is 0.381. The van der Waals surface area contributed by atoms with Crippen molar-refractivity contribution < 1.29 is 0 Å². The molecular formula is C11H18N2S2. The first-order chi connectivity index (χ1) is 7.45. The lowest BCUT2D eigenvalue weighted by atomic mass is 9.96. The van der Waals surface area contributed by atoms with Crippen molar-refractivity contribution in [1.29, 1.82) is 0 Å². The van der Waals surface area contributed by atoms with E-state index in [1.54, 1.807) is 11.3 Å². The van der Waals surface area contributed by atoms with E-state index in [1.165, 1.54) is 36.4 Å². The molecule has 1 aliphatic rings. The molecule has 1 aromatic rings. The Labute approximate surface area is 99.9 Å². The molecule has 1 heterocycles. The summed E-state index contributed by atoms with van der Waals surface area (Å²) in [4.78, 5) is 4.25. The van der Waals surface area contributed by atoms with E-state index in [4.69, 9.17) is 0 Å². The van der Waals surface area contributed by atoms with Crippen LogP contribution in [0, 0.1) is 0 Å². The highest BCUT2D eigenvalue weighted by Crippen LogP contribution is 2.20. The molecule has 2 rings (SSSR count). The maximum absolute atomic E-state index is 4.25. The van der Waals surface area contributed by atoms with Gasteiger partial charge in [0.2, 0.25) is 0 Å². The number of nitrogens with zero attached hydrogens (tertiary/aromatic N) is 1. The van der Waals surface area contributed by atoms with Gasteiger partial charge < -0.3 is 5.32 Å². The van der Waals surface area contributed by atoms with Gasteiger partial charge in [0.25, 0.3) is 0 Å². The third kappa shape index (κ3) is 4.13. The minimum atomic E-state index is 0.788. The Bertz CT molecular complexity index is 256. The summed E-state index contributed by atoms with van der Waals surface area (Å²) in [5.41, 5.74) is 0. The van der Waals surface area contributed by atoms with E-state index in [1.807, 2.05) is 23.3 Å². The summed E-state index contributed by atoms with van der Waals surface area (Å²) in [6.07, 6.45) is 8.89. The summed E-state index contributed by atoms with van der Waals surface area (Å²) < 4.78 is 1.19. The quantitative estimate of drug-likeness (QED) is 0.634. The third-order valence-corrected chi connectivity index (χ3v) is 4.74. The SMILES string of the molecule is c1csc(SCCNC2CCCCC2)n1. The number of thioether (sulfide) groups is 1. The average molecular weight is 242 g/mol. The summed E-state index contributed by atoms with van der Waals surface area (Å²) in [6.45, 7) is 1.12. The van der Waals surface area contributed by atoms with Crippen LogP contribution in [0.5, 0.6) is 0 Å². The largest absolute Gasteiger partial charge is 0.313 e. The lowest BCUT2D eigenvalue weighted by Crippen LogP contribution is -2.32. The summed E-state index contributed by atoms with van der Waals surface area (Å²) >= 11 is 3.59. The molecule has 0 saturated heterocycles. The molecule has 84 valence electrons. The van der Waals surface area contributed by atoms with E-state index in [0.29, 0.717) is 0 Å². The van der Waals surface area contributed by atoms with Crippen molar-refractivity contribution in [2.24, 2.45) is 0 Å². The maximum atomic E-state index is 4.25. The molecule has 0 amide bonds. The minimum absolute atomic E-state index is 0.788. The van der Waals surface area contributed by atoms with Crippen LogP contribution in [0.3, 0.4) is 0 Å². The van der Waals surface area contributed by atoms with E-state index >= 15 is 0 Å². The van der Waals surface area contributed by atoms with Crippen LogP contribution in [0.1, 0.15) is 32.1 Å². The molecule has 15 heavy (non-hydrogen) atoms. The Kier molecular flexibility index (Phi) is 4.96. The van der Waals surface area contributed by atoms with Gasteiger partial charge in [-0.25, -0.2) is 4.98 Å². The number of hydrogen-bond donors (Lipinski definition) is 1. The fourth-order valence-corrected chi connectivity index (χ4v) is 3.57. The standard InChI is InChI=1S/C11H18N2S2/c1-2-4-10(5-3-1)12-6-8-14-11-13-7-9-15-11/h7,9-10,12H,1-6,8H2. The second-order valence-electron chi connectivity index (χ2n) is 3.94. The fraction of sp³-hybridized carbons (Fsp3) is 0.727. The molecule has 0 bridgehead atoms. The molecule has 0 aliphatic heterocycles. The van der Waals surface area contributed by atoms with Crippen molar-refractivity contribution in [3.63, 3.8) is 0 Å². The van der Waals surface area contributed by atoms with Crippen LogP contribution in [0.4, 0.5) is 0 Å². The fourth-order valence-electron chi connectivity index (χ4n) is 1.99. The molecule has 0 radical (unpaired) electrons. The van der Waals surface area contributed by atoms with Crippen molar-refractivity contribution in [2.45, 2.75) is 42.5 Å². The molecule has 1 saturated carbocycles. The number of aromatic nitrogens is 1. The maximum Gasteiger partial charge on any atom is 0.149 e. The Morgan fingerprint density at radius 2 is 2.27 bits per heavy atom. The van der Waals surface area contributed by atoms with Crippen LogP contribution in [0.25, 0.3) is 0 Å². The minimum Gasteiger partial charge on any atom is -0.313 e. The Balaban J connectivity index is 1.54. The van der Waals surface area contributed by atoms with Crippen molar-refractivity contribution in [3.05, 3.63) is 11.6 Å². The van der Waals surface area contributed by atoms with Crippen molar-refractivity contribution in [2.75, 3.05) is 12.3 Å². The predicted octanol–water partition coefficient (Wildman–Crippen LogP) is 3.16. The number of rotatable bonds is 5. The van der Waals surface area contributed by atoms with Crippen molar-refractivity contribution in [3.8, 4) is 0 Å². The average Bonchev–Trinajstić information content (AvgIpc) is 2.79. The van der Waals surface area contributed by atoms with Crippen LogP contribution in [0.15, 0.2) is 15.9 Å². The number of nitrogens with one attached hydrogen (secondary N) is 1. The first-order valence-corrected chi connectivity index (χ1v) is 7.57. The third-order valence-electron chi connectivity index (χ3n) is 2.78. The highest BCUT2D eigenvalue weighted by molar-refractivity contribution is 8.01. The van der Waals surface area contributed by atoms with E-state index in [2.05, 4.69) is 10.3 Å². The first kappa shape index (κ1) is 11.4. The molecule has 0 unspecified atom stereocenters. The summed E-state index contributed by atoms with van der Waals surface area (Å²) in [5.74, 6) is 1.14. The molecule has 1 aliphatic carbocycles. The highest BCUT2D eigenvalue weighted by Gasteiger charge is 2.11. The van der Waals surface area contributed by atoms with Gasteiger partial charge >= 0.3 is 0 Å². The molecule has 1 aromatic heterocycles.